The standard InChI is InChI=1S/C15H26N2O2/c1-10-8-17(13(19)16-12(10)18)11-6-14(2,3)9-15(4,5)7-11/h10-11H,6-9H2,1-5H3,(H,16,18,19). The highest BCUT2D eigenvalue weighted by molar-refractivity contribution is 5.97. The van der Waals surface area contributed by atoms with Crippen molar-refractivity contribution in [1.29, 1.82) is 0 Å². The van der Waals surface area contributed by atoms with Gasteiger partial charge in [0.1, 0.15) is 0 Å². The van der Waals surface area contributed by atoms with Crippen molar-refractivity contribution < 1.29 is 9.59 Å². The molecule has 2 aliphatic rings. The Morgan fingerprint density at radius 3 is 2.16 bits per heavy atom. The maximum Gasteiger partial charge on any atom is 0.324 e. The van der Waals surface area contributed by atoms with Gasteiger partial charge in [-0.2, -0.15) is 0 Å². The highest BCUT2D eigenvalue weighted by atomic mass is 16.2. The van der Waals surface area contributed by atoms with E-state index in [0.717, 1.165) is 12.8 Å². The molecule has 1 saturated heterocycles. The normalized spacial score (nSPS) is 31.2. The molecule has 2 fully saturated rings. The maximum absolute atomic E-state index is 12.1. The lowest BCUT2D eigenvalue weighted by Crippen LogP contribution is -2.59. The molecule has 3 amide bonds. The van der Waals surface area contributed by atoms with Gasteiger partial charge < -0.3 is 4.90 Å². The molecule has 1 aliphatic heterocycles. The number of urea groups is 1. The van der Waals surface area contributed by atoms with Gasteiger partial charge in [0.2, 0.25) is 5.91 Å². The summed E-state index contributed by atoms with van der Waals surface area (Å²) >= 11 is 0. The van der Waals surface area contributed by atoms with Gasteiger partial charge in [-0.15, -0.1) is 0 Å². The predicted octanol–water partition coefficient (Wildman–Crippen LogP) is 2.78. The van der Waals surface area contributed by atoms with E-state index in [0.29, 0.717) is 6.54 Å². The second kappa shape index (κ2) is 4.50. The van der Waals surface area contributed by atoms with E-state index in [1.54, 1.807) is 0 Å². The van der Waals surface area contributed by atoms with Crippen LogP contribution in [0.3, 0.4) is 0 Å². The number of carbonyl (C=O) groups is 2. The average Bonchev–Trinajstić information content (AvgIpc) is 2.18. The second-order valence-electron chi connectivity index (χ2n) is 7.92. The van der Waals surface area contributed by atoms with E-state index >= 15 is 0 Å². The zero-order valence-electron chi connectivity index (χ0n) is 12.7. The molecule has 19 heavy (non-hydrogen) atoms. The minimum absolute atomic E-state index is 0.106. The zero-order valence-corrected chi connectivity index (χ0v) is 12.7. The third kappa shape index (κ3) is 3.10. The first-order chi connectivity index (χ1) is 8.60. The number of hydrogen-bond donors (Lipinski definition) is 1. The fraction of sp³-hybridized carbons (Fsp3) is 0.867. The molecule has 0 radical (unpaired) electrons. The molecular formula is C15H26N2O2. The number of amides is 3. The van der Waals surface area contributed by atoms with E-state index in [1.807, 2.05) is 11.8 Å². The van der Waals surface area contributed by atoms with Crippen molar-refractivity contribution in [3.63, 3.8) is 0 Å². The largest absolute Gasteiger partial charge is 0.324 e. The quantitative estimate of drug-likeness (QED) is 0.793. The van der Waals surface area contributed by atoms with Gasteiger partial charge in [0.25, 0.3) is 0 Å². The Bertz CT molecular complexity index is 385. The fourth-order valence-electron chi connectivity index (χ4n) is 4.08. The minimum Gasteiger partial charge on any atom is -0.321 e. The first-order valence-corrected chi connectivity index (χ1v) is 7.21. The third-order valence-electron chi connectivity index (χ3n) is 4.38. The van der Waals surface area contributed by atoms with Crippen molar-refractivity contribution in [3.05, 3.63) is 0 Å². The van der Waals surface area contributed by atoms with Gasteiger partial charge in [0, 0.05) is 12.6 Å². The van der Waals surface area contributed by atoms with E-state index < -0.39 is 0 Å². The molecule has 1 aliphatic carbocycles. The highest BCUT2D eigenvalue weighted by Crippen LogP contribution is 2.47. The second-order valence-corrected chi connectivity index (χ2v) is 7.92. The van der Waals surface area contributed by atoms with E-state index in [4.69, 9.17) is 0 Å². The van der Waals surface area contributed by atoms with Crippen LogP contribution in [-0.2, 0) is 4.79 Å². The molecule has 1 N–H and O–H groups in total. The van der Waals surface area contributed by atoms with Crippen LogP contribution >= 0.6 is 0 Å². The molecule has 0 aromatic carbocycles. The SMILES string of the molecule is CC1CN(C2CC(C)(C)CC(C)(C)C2)C(=O)NC1=O. The summed E-state index contributed by atoms with van der Waals surface area (Å²) in [6.07, 6.45) is 3.22. The number of carbonyl (C=O) groups excluding carboxylic acids is 2. The lowest BCUT2D eigenvalue weighted by Gasteiger charge is -2.49. The first-order valence-electron chi connectivity index (χ1n) is 7.21. The number of hydrogen-bond acceptors (Lipinski definition) is 2. The predicted molar refractivity (Wildman–Crippen MR) is 74.6 cm³/mol. The summed E-state index contributed by atoms with van der Waals surface area (Å²) in [5, 5.41) is 2.48. The Balaban J connectivity index is 2.16. The van der Waals surface area contributed by atoms with Crippen molar-refractivity contribution in [2.75, 3.05) is 6.54 Å². The summed E-state index contributed by atoms with van der Waals surface area (Å²) in [5.74, 6) is -0.249. The smallest absolute Gasteiger partial charge is 0.321 e. The lowest BCUT2D eigenvalue weighted by molar-refractivity contribution is -0.126. The summed E-state index contributed by atoms with van der Waals surface area (Å²) in [4.78, 5) is 25.5. The molecule has 108 valence electrons. The van der Waals surface area contributed by atoms with Crippen molar-refractivity contribution in [2.45, 2.75) is 59.9 Å². The van der Waals surface area contributed by atoms with Crippen molar-refractivity contribution in [2.24, 2.45) is 16.7 Å². The van der Waals surface area contributed by atoms with Gasteiger partial charge in [0.15, 0.2) is 0 Å². The van der Waals surface area contributed by atoms with Crippen LogP contribution in [0.1, 0.15) is 53.9 Å². The summed E-state index contributed by atoms with van der Waals surface area (Å²) in [6, 6.07) is 0.0379. The van der Waals surface area contributed by atoms with Gasteiger partial charge >= 0.3 is 6.03 Å². The van der Waals surface area contributed by atoms with Crippen LogP contribution in [0.2, 0.25) is 0 Å². The first kappa shape index (κ1) is 14.4. The Kier molecular flexibility index (Phi) is 3.40. The molecule has 0 aromatic rings. The monoisotopic (exact) mass is 266 g/mol. The van der Waals surface area contributed by atoms with E-state index in [1.165, 1.54) is 6.42 Å². The molecule has 1 atom stereocenters. The Morgan fingerprint density at radius 1 is 1.11 bits per heavy atom. The highest BCUT2D eigenvalue weighted by Gasteiger charge is 2.43. The molecule has 0 spiro atoms. The number of nitrogens with one attached hydrogen (secondary N) is 1. The van der Waals surface area contributed by atoms with Gasteiger partial charge in [-0.05, 0) is 30.1 Å². The summed E-state index contributed by atoms with van der Waals surface area (Å²) in [7, 11) is 0. The maximum atomic E-state index is 12.1. The van der Waals surface area contributed by atoms with Crippen molar-refractivity contribution in [1.82, 2.24) is 10.2 Å². The molecule has 1 heterocycles. The Labute approximate surface area is 115 Å². The molecule has 0 bridgehead atoms. The number of nitrogens with zero attached hydrogens (tertiary/aromatic N) is 1. The third-order valence-corrected chi connectivity index (χ3v) is 4.38. The van der Waals surface area contributed by atoms with E-state index in [9.17, 15) is 9.59 Å². The van der Waals surface area contributed by atoms with Crippen LogP contribution in [0.4, 0.5) is 4.79 Å². The zero-order chi connectivity index (χ0) is 14.4. The topological polar surface area (TPSA) is 49.4 Å². The van der Waals surface area contributed by atoms with Crippen LogP contribution in [0.5, 0.6) is 0 Å². The van der Waals surface area contributed by atoms with Gasteiger partial charge in [-0.25, -0.2) is 4.79 Å². The molecule has 4 nitrogen and oxygen atoms in total. The summed E-state index contributed by atoms with van der Waals surface area (Å²) in [5.41, 5.74) is 0.495. The molecule has 2 rings (SSSR count). The summed E-state index contributed by atoms with van der Waals surface area (Å²) < 4.78 is 0. The van der Waals surface area contributed by atoms with Gasteiger partial charge in [0.05, 0.1) is 5.92 Å². The van der Waals surface area contributed by atoms with Gasteiger partial charge in [-0.3, -0.25) is 10.1 Å². The van der Waals surface area contributed by atoms with Crippen LogP contribution in [0.25, 0.3) is 0 Å². The molecule has 1 unspecified atom stereocenters. The summed E-state index contributed by atoms with van der Waals surface area (Å²) in [6.45, 7) is 11.5. The van der Waals surface area contributed by atoms with Crippen LogP contribution in [0.15, 0.2) is 0 Å². The molecule has 0 aromatic heterocycles. The van der Waals surface area contributed by atoms with E-state index in [2.05, 4.69) is 33.0 Å². The average molecular weight is 266 g/mol. The van der Waals surface area contributed by atoms with Crippen LogP contribution < -0.4 is 5.32 Å². The van der Waals surface area contributed by atoms with E-state index in [-0.39, 0.29) is 34.7 Å². The molecule has 1 saturated carbocycles. The fourth-order valence-corrected chi connectivity index (χ4v) is 4.08. The van der Waals surface area contributed by atoms with Crippen LogP contribution in [0, 0.1) is 16.7 Å². The number of imide groups is 1. The molecular weight excluding hydrogens is 240 g/mol. The Morgan fingerprint density at radius 2 is 1.63 bits per heavy atom. The van der Waals surface area contributed by atoms with Crippen molar-refractivity contribution >= 4 is 11.9 Å². The Hall–Kier alpha value is -1.06. The van der Waals surface area contributed by atoms with Crippen LogP contribution in [-0.4, -0.2) is 29.4 Å². The van der Waals surface area contributed by atoms with Gasteiger partial charge in [-0.1, -0.05) is 34.6 Å². The minimum atomic E-state index is -0.207. The lowest BCUT2D eigenvalue weighted by atomic mass is 9.63. The van der Waals surface area contributed by atoms with Crippen molar-refractivity contribution in [3.8, 4) is 0 Å². The molecule has 4 heteroatoms. The number of rotatable bonds is 1.